The number of carbonyl (C=O) groups excluding carboxylic acids is 1. The monoisotopic (exact) mass is 398 g/mol. The number of para-hydroxylation sites is 1. The Bertz CT molecular complexity index is 1260. The molecule has 0 saturated heterocycles. The minimum atomic E-state index is -0.427. The molecular weight excluding hydrogens is 379 g/mol. The topological polar surface area (TPSA) is 73.6 Å². The van der Waals surface area contributed by atoms with Crippen molar-refractivity contribution in [3.8, 4) is 11.8 Å². The molecule has 0 aliphatic carbocycles. The van der Waals surface area contributed by atoms with Gasteiger partial charge in [0.2, 0.25) is 0 Å². The van der Waals surface area contributed by atoms with Crippen LogP contribution in [-0.4, -0.2) is 22.0 Å². The molecule has 2 aromatic heterocycles. The van der Waals surface area contributed by atoms with Crippen molar-refractivity contribution in [1.82, 2.24) is 14.9 Å². The summed E-state index contributed by atoms with van der Waals surface area (Å²) in [6.07, 6.45) is 5.92. The lowest BCUT2D eigenvalue weighted by molar-refractivity contribution is -0.117. The van der Waals surface area contributed by atoms with Crippen LogP contribution >= 0.6 is 0 Å². The number of aromatic nitrogens is 2. The fourth-order valence-corrected chi connectivity index (χ4v) is 3.39. The molecule has 0 aliphatic heterocycles. The van der Waals surface area contributed by atoms with E-state index in [0.717, 1.165) is 22.2 Å². The van der Waals surface area contributed by atoms with Gasteiger partial charge in [-0.2, -0.15) is 5.26 Å². The number of hydrogen-bond donors (Lipinski definition) is 2. The summed E-state index contributed by atoms with van der Waals surface area (Å²) in [5.74, 6) is -0.750. The van der Waals surface area contributed by atoms with E-state index in [1.165, 1.54) is 18.2 Å². The number of nitrogens with one attached hydrogen (secondary N) is 2. The molecule has 4 aromatic rings. The maximum Gasteiger partial charge on any atom is 0.262 e. The number of hydrogen-bond acceptors (Lipinski definition) is 2. The Labute approximate surface area is 173 Å². The number of nitriles is 1. The van der Waals surface area contributed by atoms with Gasteiger partial charge in [-0.15, -0.1) is 0 Å². The lowest BCUT2D eigenvalue weighted by atomic mass is 10.1. The zero-order valence-electron chi connectivity index (χ0n) is 16.1. The predicted octanol–water partition coefficient (Wildman–Crippen LogP) is 4.36. The zero-order chi connectivity index (χ0) is 20.9. The Hall–Kier alpha value is -4.11. The van der Waals surface area contributed by atoms with Crippen LogP contribution in [0.15, 0.2) is 78.6 Å². The van der Waals surface area contributed by atoms with Crippen LogP contribution in [0.4, 0.5) is 4.39 Å². The molecule has 2 aromatic carbocycles. The fraction of sp³-hybridized carbons (Fsp3) is 0.0833. The molecule has 0 atom stereocenters. The number of benzene rings is 2. The van der Waals surface area contributed by atoms with Gasteiger partial charge in [0.15, 0.2) is 0 Å². The molecule has 1 amide bonds. The van der Waals surface area contributed by atoms with Crippen molar-refractivity contribution in [2.75, 3.05) is 6.54 Å². The first-order valence-corrected chi connectivity index (χ1v) is 9.54. The van der Waals surface area contributed by atoms with E-state index in [2.05, 4.69) is 10.3 Å². The van der Waals surface area contributed by atoms with Crippen molar-refractivity contribution in [1.29, 1.82) is 5.26 Å². The lowest BCUT2D eigenvalue weighted by Crippen LogP contribution is -2.26. The molecule has 0 fully saturated rings. The van der Waals surface area contributed by atoms with E-state index in [4.69, 9.17) is 0 Å². The number of halogens is 1. The van der Waals surface area contributed by atoms with Crippen molar-refractivity contribution in [2.24, 2.45) is 0 Å². The Balaban J connectivity index is 1.46. The first-order chi connectivity index (χ1) is 14.7. The van der Waals surface area contributed by atoms with Crippen LogP contribution in [0.1, 0.15) is 11.3 Å². The van der Waals surface area contributed by atoms with Gasteiger partial charge >= 0.3 is 0 Å². The van der Waals surface area contributed by atoms with Crippen LogP contribution in [0.25, 0.3) is 22.7 Å². The van der Waals surface area contributed by atoms with Crippen LogP contribution in [0.3, 0.4) is 0 Å². The maximum atomic E-state index is 13.2. The minimum absolute atomic E-state index is 0.0102. The first-order valence-electron chi connectivity index (χ1n) is 9.54. The Kier molecular flexibility index (Phi) is 5.44. The third-order valence-corrected chi connectivity index (χ3v) is 4.90. The summed E-state index contributed by atoms with van der Waals surface area (Å²) in [5, 5.41) is 13.4. The second-order valence-electron chi connectivity index (χ2n) is 6.81. The second kappa shape index (κ2) is 8.50. The minimum Gasteiger partial charge on any atom is -0.361 e. The molecule has 0 spiro atoms. The summed E-state index contributed by atoms with van der Waals surface area (Å²) in [6, 6.07) is 19.6. The van der Waals surface area contributed by atoms with E-state index >= 15 is 0 Å². The molecule has 0 bridgehead atoms. The van der Waals surface area contributed by atoms with Crippen molar-refractivity contribution < 1.29 is 9.18 Å². The summed E-state index contributed by atoms with van der Waals surface area (Å²) in [5.41, 5.74) is 3.57. The van der Waals surface area contributed by atoms with Crippen LogP contribution in [-0.2, 0) is 11.2 Å². The summed E-state index contributed by atoms with van der Waals surface area (Å²) >= 11 is 0. The molecule has 0 unspecified atom stereocenters. The average Bonchev–Trinajstić information content (AvgIpc) is 3.39. The smallest absolute Gasteiger partial charge is 0.262 e. The van der Waals surface area contributed by atoms with Crippen LogP contribution < -0.4 is 5.32 Å². The summed E-state index contributed by atoms with van der Waals surface area (Å²) in [6.45, 7) is 0.415. The van der Waals surface area contributed by atoms with Gasteiger partial charge in [0.1, 0.15) is 17.5 Å². The quantitative estimate of drug-likeness (QED) is 0.374. The molecule has 6 heteroatoms. The number of amides is 1. The highest BCUT2D eigenvalue weighted by atomic mass is 19.1. The van der Waals surface area contributed by atoms with Crippen molar-refractivity contribution in [3.63, 3.8) is 0 Å². The third-order valence-electron chi connectivity index (χ3n) is 4.90. The van der Waals surface area contributed by atoms with Gasteiger partial charge < -0.3 is 14.9 Å². The van der Waals surface area contributed by atoms with E-state index in [9.17, 15) is 14.4 Å². The second-order valence-corrected chi connectivity index (χ2v) is 6.81. The first kappa shape index (κ1) is 19.2. The van der Waals surface area contributed by atoms with Crippen molar-refractivity contribution >= 4 is 22.9 Å². The number of carbonyl (C=O) groups is 1. The van der Waals surface area contributed by atoms with E-state index in [1.54, 1.807) is 35.0 Å². The van der Waals surface area contributed by atoms with E-state index < -0.39 is 5.91 Å². The summed E-state index contributed by atoms with van der Waals surface area (Å²) in [4.78, 5) is 15.7. The Morgan fingerprint density at radius 1 is 1.13 bits per heavy atom. The SMILES string of the molecule is N#C/C(=C/c1cccn1-c1ccc(F)cc1)C(=O)NCCc1c[nH]c2ccccc12. The summed E-state index contributed by atoms with van der Waals surface area (Å²) in [7, 11) is 0. The van der Waals surface area contributed by atoms with Crippen molar-refractivity contribution in [3.05, 3.63) is 95.7 Å². The van der Waals surface area contributed by atoms with Crippen LogP contribution in [0.2, 0.25) is 0 Å². The molecule has 0 aliphatic rings. The van der Waals surface area contributed by atoms with E-state index in [-0.39, 0.29) is 11.4 Å². The summed E-state index contributed by atoms with van der Waals surface area (Å²) < 4.78 is 15.0. The molecule has 4 rings (SSSR count). The predicted molar refractivity (Wildman–Crippen MR) is 114 cm³/mol. The van der Waals surface area contributed by atoms with Gasteiger partial charge in [-0.3, -0.25) is 4.79 Å². The maximum absolute atomic E-state index is 13.2. The highest BCUT2D eigenvalue weighted by molar-refractivity contribution is 6.01. The molecule has 148 valence electrons. The number of rotatable bonds is 6. The van der Waals surface area contributed by atoms with Gasteiger partial charge in [-0.25, -0.2) is 4.39 Å². The molecular formula is C24H19FN4O. The number of H-pyrrole nitrogens is 1. The molecule has 0 radical (unpaired) electrons. The largest absolute Gasteiger partial charge is 0.361 e. The molecule has 2 N–H and O–H groups in total. The van der Waals surface area contributed by atoms with Gasteiger partial charge in [0, 0.05) is 41.2 Å². The normalized spacial score (nSPS) is 11.4. The highest BCUT2D eigenvalue weighted by Gasteiger charge is 2.11. The zero-order valence-corrected chi connectivity index (χ0v) is 16.1. The highest BCUT2D eigenvalue weighted by Crippen LogP contribution is 2.18. The van der Waals surface area contributed by atoms with Gasteiger partial charge in [0.05, 0.1) is 0 Å². The standard InChI is InChI=1S/C24H19FN4O/c25-19-7-9-20(10-8-19)29-13-3-4-21(29)14-18(15-26)24(30)27-12-11-17-16-28-23-6-2-1-5-22(17)23/h1-10,13-14,16,28H,11-12H2,(H,27,30)/b18-14-. The lowest BCUT2D eigenvalue weighted by Gasteiger charge is -2.08. The van der Waals surface area contributed by atoms with Crippen molar-refractivity contribution in [2.45, 2.75) is 6.42 Å². The van der Waals surface area contributed by atoms with E-state index in [1.807, 2.05) is 36.5 Å². The number of nitrogens with zero attached hydrogens (tertiary/aromatic N) is 2. The molecule has 0 saturated carbocycles. The van der Waals surface area contributed by atoms with Crippen LogP contribution in [0.5, 0.6) is 0 Å². The van der Waals surface area contributed by atoms with Gasteiger partial charge in [-0.1, -0.05) is 18.2 Å². The molecule has 2 heterocycles. The number of aromatic amines is 1. The average molecular weight is 398 g/mol. The number of fused-ring (bicyclic) bond motifs is 1. The van der Waals surface area contributed by atoms with E-state index in [0.29, 0.717) is 18.7 Å². The third kappa shape index (κ3) is 4.01. The molecule has 5 nitrogen and oxygen atoms in total. The van der Waals surface area contributed by atoms with Gasteiger partial charge in [0.25, 0.3) is 5.91 Å². The Morgan fingerprint density at radius 3 is 2.73 bits per heavy atom. The Morgan fingerprint density at radius 2 is 1.93 bits per heavy atom. The van der Waals surface area contributed by atoms with Crippen LogP contribution in [0, 0.1) is 17.1 Å². The van der Waals surface area contributed by atoms with Gasteiger partial charge in [-0.05, 0) is 60.5 Å². The fourth-order valence-electron chi connectivity index (χ4n) is 3.39. The molecule has 30 heavy (non-hydrogen) atoms.